The first kappa shape index (κ1) is 47.8. The first-order valence-corrected chi connectivity index (χ1v) is 25.4. The minimum atomic E-state index is 0.0388. The maximum atomic E-state index is 6.68. The zero-order valence-electron chi connectivity index (χ0n) is 42.5. The Morgan fingerprint density at radius 3 is 0.873 bits per heavy atom. The Morgan fingerprint density at radius 1 is 0.310 bits per heavy atom. The van der Waals surface area contributed by atoms with Crippen LogP contribution < -0.4 is 9.64 Å². The number of rotatable bonds is 7. The Hall–Kier alpha value is -6.84. The molecule has 9 aromatic carbocycles. The van der Waals surface area contributed by atoms with Crippen LogP contribution in [0, 0.1) is 6.92 Å². The van der Waals surface area contributed by atoms with Crippen molar-refractivity contribution in [3.05, 3.63) is 220 Å². The van der Waals surface area contributed by atoms with E-state index in [-0.39, 0.29) is 16.2 Å². The largest absolute Gasteiger partial charge is 0.453 e. The fourth-order valence-electron chi connectivity index (χ4n) is 9.60. The van der Waals surface area contributed by atoms with Crippen LogP contribution >= 0.6 is 23.2 Å². The van der Waals surface area contributed by atoms with E-state index < -0.39 is 0 Å². The van der Waals surface area contributed by atoms with Crippen LogP contribution in [-0.2, 0) is 16.2 Å². The molecule has 0 unspecified atom stereocenters. The van der Waals surface area contributed by atoms with Crippen LogP contribution in [0.2, 0.25) is 10.0 Å². The highest BCUT2D eigenvalue weighted by Gasteiger charge is 2.28. The van der Waals surface area contributed by atoms with Crippen molar-refractivity contribution in [3.63, 3.8) is 0 Å². The number of hydrogen-bond acceptors (Lipinski definition) is 2. The molecule has 0 atom stereocenters. The van der Waals surface area contributed by atoms with Gasteiger partial charge >= 0.3 is 0 Å². The molecule has 354 valence electrons. The van der Waals surface area contributed by atoms with Gasteiger partial charge in [-0.1, -0.05) is 188 Å². The van der Waals surface area contributed by atoms with E-state index in [9.17, 15) is 0 Å². The van der Waals surface area contributed by atoms with Crippen LogP contribution in [0.4, 0.5) is 17.1 Å². The number of ether oxygens (including phenoxy) is 1. The molecule has 0 amide bonds. The minimum Gasteiger partial charge on any atom is -0.453 e. The maximum absolute atomic E-state index is 6.68. The summed E-state index contributed by atoms with van der Waals surface area (Å²) in [6.07, 6.45) is 0. The highest BCUT2D eigenvalue weighted by atomic mass is 35.5. The van der Waals surface area contributed by atoms with Gasteiger partial charge in [0.2, 0.25) is 0 Å². The van der Waals surface area contributed by atoms with Crippen molar-refractivity contribution in [1.82, 2.24) is 0 Å². The molecule has 0 radical (unpaired) electrons. The molecule has 0 saturated heterocycles. The Morgan fingerprint density at radius 2 is 0.577 bits per heavy atom. The normalized spacial score (nSPS) is 12.6. The van der Waals surface area contributed by atoms with Gasteiger partial charge in [0.15, 0.2) is 11.5 Å². The lowest BCUT2D eigenvalue weighted by Crippen LogP contribution is -2.16. The molecule has 1 aliphatic rings. The van der Waals surface area contributed by atoms with Crippen LogP contribution in [0.15, 0.2) is 188 Å². The Kier molecular flexibility index (Phi) is 12.4. The highest BCUT2D eigenvalue weighted by Crippen LogP contribution is 2.53. The number of benzene rings is 9. The molecule has 9 aromatic rings. The number of anilines is 3. The molecule has 2 nitrogen and oxygen atoms in total. The second-order valence-corrected chi connectivity index (χ2v) is 23.2. The van der Waals surface area contributed by atoms with Crippen LogP contribution in [0.25, 0.3) is 66.8 Å². The fourth-order valence-corrected chi connectivity index (χ4v) is 9.92. The number of hydrogen-bond donors (Lipinski definition) is 0. The third-order valence-corrected chi connectivity index (χ3v) is 14.4. The van der Waals surface area contributed by atoms with Crippen molar-refractivity contribution in [3.8, 4) is 78.3 Å². The van der Waals surface area contributed by atoms with E-state index in [2.05, 4.69) is 226 Å². The minimum absolute atomic E-state index is 0.0388. The van der Waals surface area contributed by atoms with Crippen LogP contribution in [-0.4, -0.2) is 0 Å². The molecule has 10 rings (SSSR count). The van der Waals surface area contributed by atoms with Gasteiger partial charge in [-0.05, 0) is 185 Å². The summed E-state index contributed by atoms with van der Waals surface area (Å²) < 4.78 is 6.57. The van der Waals surface area contributed by atoms with Crippen molar-refractivity contribution >= 4 is 40.3 Å². The third kappa shape index (κ3) is 10.1. The molecule has 0 fully saturated rings. The van der Waals surface area contributed by atoms with Gasteiger partial charge in [-0.15, -0.1) is 0 Å². The van der Waals surface area contributed by atoms with Gasteiger partial charge in [-0.2, -0.15) is 0 Å². The van der Waals surface area contributed by atoms with E-state index in [1.165, 1.54) is 44.5 Å². The lowest BCUT2D eigenvalue weighted by molar-refractivity contribution is 0.477. The average Bonchev–Trinajstić information content (AvgIpc) is 3.34. The Labute approximate surface area is 431 Å². The first-order chi connectivity index (χ1) is 33.7. The second-order valence-electron chi connectivity index (χ2n) is 22.4. The molecule has 0 aromatic heterocycles. The summed E-state index contributed by atoms with van der Waals surface area (Å²) in [5, 5.41) is 1.19. The maximum Gasteiger partial charge on any atom is 0.153 e. The molecule has 1 heterocycles. The molecule has 0 N–H and O–H groups in total. The van der Waals surface area contributed by atoms with Gasteiger partial charge in [0, 0.05) is 27.9 Å². The SMILES string of the molecule is Cc1ccc(-c2cc(-c3ccc(C(C)(C)C)cc3)cc(-c3cc(-c4cc(-c5ccc(C(C)(C)C)cc5)cc(-c5ccc(C(C)(C)C)cc5)c4)cc(N4c5ccc(Cl)cc5Oc5cc(Cl)ccc54)c3)c2)cc1. The summed E-state index contributed by atoms with van der Waals surface area (Å²) in [4.78, 5) is 2.28. The molecule has 0 saturated carbocycles. The van der Waals surface area contributed by atoms with Crippen molar-refractivity contribution in [2.24, 2.45) is 0 Å². The van der Waals surface area contributed by atoms with E-state index in [1.54, 1.807) is 0 Å². The summed E-state index contributed by atoms with van der Waals surface area (Å²) in [6.45, 7) is 22.5. The standard InChI is InChI=1S/C67H61Cl2NO/c1-42-11-13-43(14-12-42)47-31-48(44-15-21-55(22-16-44)65(2,3)4)34-51(33-47)53-37-54(39-60(38-53)70-61-29-27-58(68)40-63(61)71-64-41-59(69)28-30-62(64)70)52-35-49(45-17-23-56(24-18-45)66(5,6)7)32-50(36-52)46-19-25-57(26-20-46)67(8,9)10/h11-41H,1-10H3. The van der Waals surface area contributed by atoms with E-state index in [4.69, 9.17) is 27.9 Å². The predicted octanol–water partition coefficient (Wildman–Crippen LogP) is 20.8. The molecule has 0 aliphatic carbocycles. The predicted molar refractivity (Wildman–Crippen MR) is 305 cm³/mol. The number of halogens is 2. The summed E-state index contributed by atoms with van der Waals surface area (Å²) in [7, 11) is 0. The highest BCUT2D eigenvalue weighted by molar-refractivity contribution is 6.31. The summed E-state index contributed by atoms with van der Waals surface area (Å²) >= 11 is 13.4. The van der Waals surface area contributed by atoms with E-state index in [1.807, 2.05) is 36.4 Å². The van der Waals surface area contributed by atoms with Crippen molar-refractivity contribution in [1.29, 1.82) is 0 Å². The molecular weight excluding hydrogens is 906 g/mol. The van der Waals surface area contributed by atoms with Crippen molar-refractivity contribution in [2.45, 2.75) is 85.5 Å². The zero-order valence-corrected chi connectivity index (χ0v) is 44.0. The van der Waals surface area contributed by atoms with Gasteiger partial charge in [0.05, 0.1) is 11.4 Å². The Bertz CT molecular complexity index is 3310. The summed E-state index contributed by atoms with van der Waals surface area (Å²) in [6, 6.07) is 68.9. The summed E-state index contributed by atoms with van der Waals surface area (Å²) in [5.74, 6) is 1.31. The average molecular weight is 967 g/mol. The van der Waals surface area contributed by atoms with Gasteiger partial charge in [0.1, 0.15) is 0 Å². The zero-order chi connectivity index (χ0) is 50.0. The van der Waals surface area contributed by atoms with Gasteiger partial charge < -0.3 is 9.64 Å². The lowest BCUT2D eigenvalue weighted by atomic mass is 9.85. The second kappa shape index (κ2) is 18.4. The smallest absolute Gasteiger partial charge is 0.153 e. The number of fused-ring (bicyclic) bond motifs is 2. The number of aryl methyl sites for hydroxylation is 1. The quantitative estimate of drug-likeness (QED) is 0.158. The molecule has 71 heavy (non-hydrogen) atoms. The van der Waals surface area contributed by atoms with Gasteiger partial charge in [0.25, 0.3) is 0 Å². The molecular formula is C67H61Cl2NO. The molecule has 4 heteroatoms. The van der Waals surface area contributed by atoms with Crippen LogP contribution in [0.1, 0.15) is 84.6 Å². The molecule has 0 spiro atoms. The van der Waals surface area contributed by atoms with Crippen molar-refractivity contribution in [2.75, 3.05) is 4.90 Å². The molecule has 0 bridgehead atoms. The van der Waals surface area contributed by atoms with Gasteiger partial charge in [-0.3, -0.25) is 0 Å². The Balaban J connectivity index is 1.24. The fraction of sp³-hybridized carbons (Fsp3) is 0.194. The lowest BCUT2D eigenvalue weighted by Gasteiger charge is -2.33. The monoisotopic (exact) mass is 965 g/mol. The first-order valence-electron chi connectivity index (χ1n) is 24.7. The van der Waals surface area contributed by atoms with Crippen LogP contribution in [0.3, 0.4) is 0 Å². The van der Waals surface area contributed by atoms with Gasteiger partial charge in [-0.25, -0.2) is 0 Å². The van der Waals surface area contributed by atoms with E-state index in [0.717, 1.165) is 61.6 Å². The van der Waals surface area contributed by atoms with Crippen LogP contribution in [0.5, 0.6) is 11.5 Å². The van der Waals surface area contributed by atoms with E-state index in [0.29, 0.717) is 21.5 Å². The van der Waals surface area contributed by atoms with E-state index >= 15 is 0 Å². The van der Waals surface area contributed by atoms with Crippen molar-refractivity contribution < 1.29 is 4.74 Å². The topological polar surface area (TPSA) is 12.5 Å². The third-order valence-electron chi connectivity index (χ3n) is 13.9. The number of nitrogens with zero attached hydrogens (tertiary/aromatic N) is 1. The summed E-state index contributed by atoms with van der Waals surface area (Å²) in [5.41, 5.74) is 21.6. The molecule has 1 aliphatic heterocycles.